The van der Waals surface area contributed by atoms with Gasteiger partial charge in [-0.05, 0) is 48.3 Å². The average Bonchev–Trinajstić information content (AvgIpc) is 2.02. The van der Waals surface area contributed by atoms with Crippen molar-refractivity contribution >= 4 is 0 Å². The first kappa shape index (κ1) is 7.17. The molecule has 0 nitrogen and oxygen atoms in total. The molecule has 5 atom stereocenters. The van der Waals surface area contributed by atoms with E-state index in [1.165, 1.54) is 19.3 Å². The van der Waals surface area contributed by atoms with E-state index in [9.17, 15) is 0 Å². The molecule has 0 heteroatoms. The summed E-state index contributed by atoms with van der Waals surface area (Å²) in [5, 5.41) is 0. The molecule has 0 N–H and O–H groups in total. The summed E-state index contributed by atoms with van der Waals surface area (Å²) < 4.78 is 0. The van der Waals surface area contributed by atoms with Crippen LogP contribution < -0.4 is 0 Å². The lowest BCUT2D eigenvalue weighted by Crippen LogP contribution is -2.57. The van der Waals surface area contributed by atoms with Gasteiger partial charge in [0.25, 0.3) is 0 Å². The van der Waals surface area contributed by atoms with Crippen molar-refractivity contribution in [2.45, 2.75) is 33.1 Å². The van der Waals surface area contributed by atoms with Gasteiger partial charge in [-0.25, -0.2) is 0 Å². The van der Waals surface area contributed by atoms with Crippen LogP contribution in [0.2, 0.25) is 0 Å². The van der Waals surface area contributed by atoms with E-state index in [1.807, 2.05) is 0 Å². The molecule has 0 amide bonds. The van der Waals surface area contributed by atoms with Gasteiger partial charge in [-0.2, -0.15) is 0 Å². The molecule has 0 aromatic rings. The van der Waals surface area contributed by atoms with Crippen LogP contribution in [-0.2, 0) is 0 Å². The Kier molecular flexibility index (Phi) is 1.18. The molecule has 3 aliphatic carbocycles. The Morgan fingerprint density at radius 2 is 2.08 bits per heavy atom. The number of hydrogen-bond acceptors (Lipinski definition) is 0. The third-order valence-electron chi connectivity index (χ3n) is 4.55. The third-order valence-corrected chi connectivity index (χ3v) is 4.55. The highest BCUT2D eigenvalue weighted by atomic mass is 14.6. The van der Waals surface area contributed by atoms with E-state index in [1.54, 1.807) is 0 Å². The highest BCUT2D eigenvalue weighted by molar-refractivity contribution is 5.17. The summed E-state index contributed by atoms with van der Waals surface area (Å²) in [6, 6.07) is 0. The van der Waals surface area contributed by atoms with Crippen molar-refractivity contribution in [3.05, 3.63) is 12.2 Å². The van der Waals surface area contributed by atoms with Gasteiger partial charge >= 0.3 is 0 Å². The van der Waals surface area contributed by atoms with Crippen LogP contribution in [0.4, 0.5) is 0 Å². The summed E-state index contributed by atoms with van der Waals surface area (Å²) in [6.45, 7) is 4.89. The van der Waals surface area contributed by atoms with Gasteiger partial charge in [-0.1, -0.05) is 26.0 Å². The summed E-state index contributed by atoms with van der Waals surface area (Å²) in [5.74, 6) is 4.01. The second kappa shape index (κ2) is 1.97. The molecule has 0 bridgehead atoms. The highest BCUT2D eigenvalue weighted by Gasteiger charge is 2.60. The molecular formula is C12H18. The molecule has 0 radical (unpaired) electrons. The van der Waals surface area contributed by atoms with Gasteiger partial charge in [-0.3, -0.25) is 0 Å². The predicted octanol–water partition coefficient (Wildman–Crippen LogP) is 3.24. The lowest BCUT2D eigenvalue weighted by atomic mass is 9.41. The van der Waals surface area contributed by atoms with Gasteiger partial charge in [0.2, 0.25) is 0 Å². The summed E-state index contributed by atoms with van der Waals surface area (Å²) >= 11 is 0. The Morgan fingerprint density at radius 1 is 1.25 bits per heavy atom. The quantitative estimate of drug-likeness (QED) is 0.480. The SMILES string of the molecule is CC1C=CC2CC3CC(C)(C1)C23. The minimum Gasteiger partial charge on any atom is -0.0854 e. The van der Waals surface area contributed by atoms with E-state index >= 15 is 0 Å². The summed E-state index contributed by atoms with van der Waals surface area (Å²) in [4.78, 5) is 0. The molecule has 3 aliphatic rings. The molecule has 2 fully saturated rings. The Morgan fingerprint density at radius 3 is 2.83 bits per heavy atom. The second-order valence-electron chi connectivity index (χ2n) is 5.61. The van der Waals surface area contributed by atoms with Crippen LogP contribution in [-0.4, -0.2) is 0 Å². The molecule has 2 saturated carbocycles. The highest BCUT2D eigenvalue weighted by Crippen LogP contribution is 2.68. The lowest BCUT2D eigenvalue weighted by molar-refractivity contribution is -0.142. The van der Waals surface area contributed by atoms with Crippen LogP contribution in [0.3, 0.4) is 0 Å². The first-order chi connectivity index (χ1) is 5.69. The van der Waals surface area contributed by atoms with E-state index in [0.29, 0.717) is 0 Å². The fraction of sp³-hybridized carbons (Fsp3) is 0.833. The zero-order chi connectivity index (χ0) is 8.34. The first-order valence-corrected chi connectivity index (χ1v) is 5.37. The molecule has 12 heavy (non-hydrogen) atoms. The molecule has 0 saturated heterocycles. The van der Waals surface area contributed by atoms with Crippen molar-refractivity contribution in [1.82, 2.24) is 0 Å². The number of rotatable bonds is 0. The largest absolute Gasteiger partial charge is 0.0854 e. The zero-order valence-electron chi connectivity index (χ0n) is 8.09. The average molecular weight is 162 g/mol. The fourth-order valence-electron chi connectivity index (χ4n) is 4.22. The monoisotopic (exact) mass is 162 g/mol. The van der Waals surface area contributed by atoms with Crippen molar-refractivity contribution in [2.24, 2.45) is 29.1 Å². The minimum atomic E-state index is 0.733. The van der Waals surface area contributed by atoms with Gasteiger partial charge in [0.05, 0.1) is 0 Å². The summed E-state index contributed by atoms with van der Waals surface area (Å²) in [5.41, 5.74) is 0.733. The maximum atomic E-state index is 2.52. The zero-order valence-corrected chi connectivity index (χ0v) is 8.09. The summed E-state index contributed by atoms with van der Waals surface area (Å²) in [6.07, 6.45) is 9.45. The molecule has 5 unspecified atom stereocenters. The van der Waals surface area contributed by atoms with Gasteiger partial charge in [0.1, 0.15) is 0 Å². The predicted molar refractivity (Wildman–Crippen MR) is 50.7 cm³/mol. The van der Waals surface area contributed by atoms with E-state index in [4.69, 9.17) is 0 Å². The molecule has 0 aliphatic heterocycles. The van der Waals surface area contributed by atoms with Crippen LogP contribution in [0.25, 0.3) is 0 Å². The Bertz CT molecular complexity index is 240. The summed E-state index contributed by atoms with van der Waals surface area (Å²) in [7, 11) is 0. The lowest BCUT2D eigenvalue weighted by Gasteiger charge is -2.64. The Labute approximate surface area is 75.0 Å². The van der Waals surface area contributed by atoms with Gasteiger partial charge < -0.3 is 0 Å². The standard InChI is InChI=1S/C12H18/c1-8-3-4-9-5-10-7-12(2,6-8)11(9)10/h3-4,8-11H,5-7H2,1-2H3. The Hall–Kier alpha value is -0.260. The maximum Gasteiger partial charge on any atom is -0.0194 e. The number of allylic oxidation sites excluding steroid dienone is 2. The van der Waals surface area contributed by atoms with Crippen LogP contribution in [0.5, 0.6) is 0 Å². The first-order valence-electron chi connectivity index (χ1n) is 5.37. The molecular weight excluding hydrogens is 144 g/mol. The molecule has 0 spiro atoms. The van der Waals surface area contributed by atoms with E-state index < -0.39 is 0 Å². The van der Waals surface area contributed by atoms with Gasteiger partial charge in [-0.15, -0.1) is 0 Å². The molecule has 66 valence electrons. The number of hydrogen-bond donors (Lipinski definition) is 0. The smallest absolute Gasteiger partial charge is 0.0194 e. The molecule has 0 aromatic heterocycles. The van der Waals surface area contributed by atoms with E-state index in [-0.39, 0.29) is 0 Å². The third kappa shape index (κ3) is 0.694. The van der Waals surface area contributed by atoms with Crippen molar-refractivity contribution in [1.29, 1.82) is 0 Å². The van der Waals surface area contributed by atoms with Crippen molar-refractivity contribution < 1.29 is 0 Å². The maximum absolute atomic E-state index is 2.52. The fourth-order valence-corrected chi connectivity index (χ4v) is 4.22. The molecule has 0 aromatic carbocycles. The van der Waals surface area contributed by atoms with E-state index in [0.717, 1.165) is 29.1 Å². The normalized spacial score (nSPS) is 61.2. The second-order valence-corrected chi connectivity index (χ2v) is 5.61. The molecule has 0 heterocycles. The van der Waals surface area contributed by atoms with Crippen LogP contribution in [0, 0.1) is 29.1 Å². The van der Waals surface area contributed by atoms with Crippen LogP contribution in [0.15, 0.2) is 12.2 Å². The van der Waals surface area contributed by atoms with Gasteiger partial charge in [0.15, 0.2) is 0 Å². The molecule has 3 rings (SSSR count). The van der Waals surface area contributed by atoms with Crippen molar-refractivity contribution in [3.8, 4) is 0 Å². The van der Waals surface area contributed by atoms with Gasteiger partial charge in [0, 0.05) is 0 Å². The Balaban J connectivity index is 1.91. The topological polar surface area (TPSA) is 0 Å². The van der Waals surface area contributed by atoms with Crippen LogP contribution in [0.1, 0.15) is 33.1 Å². The van der Waals surface area contributed by atoms with Crippen molar-refractivity contribution in [2.75, 3.05) is 0 Å². The van der Waals surface area contributed by atoms with Crippen LogP contribution >= 0.6 is 0 Å². The van der Waals surface area contributed by atoms with E-state index in [2.05, 4.69) is 26.0 Å². The van der Waals surface area contributed by atoms with Crippen molar-refractivity contribution in [3.63, 3.8) is 0 Å². The minimum absolute atomic E-state index is 0.733.